The molecule has 3 aromatic rings. The van der Waals surface area contributed by atoms with Crippen LogP contribution in [0.2, 0.25) is 0 Å². The monoisotopic (exact) mass is 388 g/mol. The van der Waals surface area contributed by atoms with Crippen molar-refractivity contribution in [3.05, 3.63) is 95.3 Å². The van der Waals surface area contributed by atoms with E-state index >= 15 is 0 Å². The van der Waals surface area contributed by atoms with E-state index in [0.29, 0.717) is 17.8 Å². The molecule has 0 bridgehead atoms. The molecule has 1 aliphatic rings. The van der Waals surface area contributed by atoms with Crippen LogP contribution in [0, 0.1) is 0 Å². The number of hydrogen-bond acceptors (Lipinski definition) is 2. The summed E-state index contributed by atoms with van der Waals surface area (Å²) < 4.78 is 0. The SMILES string of the molecule is O=C(C[NH2+]C(c1ccccc1)c1ccccc1)c1c[nH]c(C(=O)N2CCCC2)c1. The van der Waals surface area contributed by atoms with Crippen LogP contribution in [0.15, 0.2) is 72.9 Å². The van der Waals surface area contributed by atoms with Gasteiger partial charge in [0.15, 0.2) is 0 Å². The molecular formula is C24H26N3O2+. The van der Waals surface area contributed by atoms with Crippen molar-refractivity contribution in [3.63, 3.8) is 0 Å². The van der Waals surface area contributed by atoms with Crippen molar-refractivity contribution in [2.75, 3.05) is 19.6 Å². The van der Waals surface area contributed by atoms with E-state index in [1.54, 1.807) is 12.3 Å². The molecule has 29 heavy (non-hydrogen) atoms. The van der Waals surface area contributed by atoms with Crippen molar-refractivity contribution in [2.45, 2.75) is 18.9 Å². The number of carbonyl (C=O) groups is 2. The Labute approximate surface area is 170 Å². The van der Waals surface area contributed by atoms with Crippen molar-refractivity contribution in [2.24, 2.45) is 0 Å². The lowest BCUT2D eigenvalue weighted by atomic mass is 9.98. The van der Waals surface area contributed by atoms with Gasteiger partial charge in [-0.15, -0.1) is 0 Å². The van der Waals surface area contributed by atoms with Crippen molar-refractivity contribution in [3.8, 4) is 0 Å². The molecule has 1 fully saturated rings. The van der Waals surface area contributed by atoms with Gasteiger partial charge in [-0.05, 0) is 18.9 Å². The van der Waals surface area contributed by atoms with Gasteiger partial charge in [0.25, 0.3) is 5.91 Å². The van der Waals surface area contributed by atoms with Crippen LogP contribution in [0.3, 0.4) is 0 Å². The molecule has 3 N–H and O–H groups in total. The van der Waals surface area contributed by atoms with Crippen LogP contribution in [-0.2, 0) is 0 Å². The molecule has 5 heteroatoms. The number of nitrogens with two attached hydrogens (primary N) is 1. The van der Waals surface area contributed by atoms with Crippen LogP contribution in [0.25, 0.3) is 0 Å². The highest BCUT2D eigenvalue weighted by Crippen LogP contribution is 2.18. The average Bonchev–Trinajstić information content (AvgIpc) is 3.47. The third-order valence-electron chi connectivity index (χ3n) is 5.48. The van der Waals surface area contributed by atoms with Gasteiger partial charge in [-0.25, -0.2) is 0 Å². The first-order chi connectivity index (χ1) is 14.2. The molecule has 0 radical (unpaired) electrons. The number of aromatic nitrogens is 1. The minimum atomic E-state index is -0.0167. The molecule has 0 saturated carbocycles. The van der Waals surface area contributed by atoms with Crippen LogP contribution in [0.5, 0.6) is 0 Å². The molecule has 4 rings (SSSR count). The van der Waals surface area contributed by atoms with Crippen molar-refractivity contribution >= 4 is 11.7 Å². The summed E-state index contributed by atoms with van der Waals surface area (Å²) in [5.74, 6) is -0.00411. The summed E-state index contributed by atoms with van der Waals surface area (Å²) in [4.78, 5) is 30.1. The van der Waals surface area contributed by atoms with Crippen LogP contribution in [0.4, 0.5) is 0 Å². The number of H-pyrrole nitrogens is 1. The normalized spacial score (nSPS) is 13.8. The summed E-state index contributed by atoms with van der Waals surface area (Å²) in [7, 11) is 0. The molecule has 5 nitrogen and oxygen atoms in total. The first-order valence-corrected chi connectivity index (χ1v) is 10.2. The lowest BCUT2D eigenvalue weighted by Gasteiger charge is -2.16. The summed E-state index contributed by atoms with van der Waals surface area (Å²) >= 11 is 0. The summed E-state index contributed by atoms with van der Waals surface area (Å²) in [5.41, 5.74) is 3.37. The number of benzene rings is 2. The fraction of sp³-hybridized carbons (Fsp3) is 0.250. The third-order valence-corrected chi connectivity index (χ3v) is 5.48. The Kier molecular flexibility index (Phi) is 5.86. The van der Waals surface area contributed by atoms with Gasteiger partial charge in [0.2, 0.25) is 5.78 Å². The predicted molar refractivity (Wildman–Crippen MR) is 112 cm³/mol. The quantitative estimate of drug-likeness (QED) is 0.611. The van der Waals surface area contributed by atoms with Gasteiger partial charge in [0, 0.05) is 36.0 Å². The molecule has 1 aromatic heterocycles. The first kappa shape index (κ1) is 19.2. The zero-order valence-electron chi connectivity index (χ0n) is 16.4. The molecule has 148 valence electrons. The van der Waals surface area contributed by atoms with E-state index in [1.807, 2.05) is 41.3 Å². The second kappa shape index (κ2) is 8.88. The summed E-state index contributed by atoms with van der Waals surface area (Å²) in [5, 5.41) is 2.06. The van der Waals surface area contributed by atoms with E-state index in [4.69, 9.17) is 0 Å². The number of nitrogens with zero attached hydrogens (tertiary/aromatic N) is 1. The third kappa shape index (κ3) is 4.46. The molecule has 0 unspecified atom stereocenters. The lowest BCUT2D eigenvalue weighted by Crippen LogP contribution is -2.87. The highest BCUT2D eigenvalue weighted by Gasteiger charge is 2.23. The van der Waals surface area contributed by atoms with E-state index in [2.05, 4.69) is 34.6 Å². The Bertz CT molecular complexity index is 921. The number of carbonyl (C=O) groups excluding carboxylic acids is 2. The number of rotatable bonds is 7. The maximum absolute atomic E-state index is 12.8. The average molecular weight is 388 g/mol. The van der Waals surface area contributed by atoms with E-state index in [9.17, 15) is 9.59 Å². The van der Waals surface area contributed by atoms with Gasteiger partial charge in [-0.2, -0.15) is 0 Å². The Hall–Kier alpha value is -3.18. The Morgan fingerprint density at radius 1 is 0.931 bits per heavy atom. The number of nitrogens with one attached hydrogen (secondary N) is 1. The van der Waals surface area contributed by atoms with Gasteiger partial charge in [-0.3, -0.25) is 9.59 Å². The number of hydrogen-bond donors (Lipinski definition) is 2. The van der Waals surface area contributed by atoms with Crippen LogP contribution >= 0.6 is 0 Å². The fourth-order valence-electron chi connectivity index (χ4n) is 3.90. The summed E-state index contributed by atoms with van der Waals surface area (Å²) in [6.45, 7) is 1.90. The van der Waals surface area contributed by atoms with Crippen LogP contribution < -0.4 is 5.32 Å². The summed E-state index contributed by atoms with van der Waals surface area (Å²) in [6.07, 6.45) is 3.75. The lowest BCUT2D eigenvalue weighted by molar-refractivity contribution is -0.675. The van der Waals surface area contributed by atoms with E-state index in [-0.39, 0.29) is 17.7 Å². The summed E-state index contributed by atoms with van der Waals surface area (Å²) in [6, 6.07) is 22.1. The number of quaternary nitrogens is 1. The molecular weight excluding hydrogens is 362 g/mol. The van der Waals surface area contributed by atoms with Crippen molar-refractivity contribution in [1.29, 1.82) is 0 Å². The van der Waals surface area contributed by atoms with Crippen molar-refractivity contribution in [1.82, 2.24) is 9.88 Å². The number of ketones is 1. The molecule has 1 aliphatic heterocycles. The zero-order chi connectivity index (χ0) is 20.1. The van der Waals surface area contributed by atoms with Gasteiger partial charge in [0.1, 0.15) is 18.3 Å². The highest BCUT2D eigenvalue weighted by atomic mass is 16.2. The van der Waals surface area contributed by atoms with Gasteiger partial charge in [-0.1, -0.05) is 60.7 Å². The number of Topliss-reactive ketones (excluding diaryl/α,β-unsaturated/α-hetero) is 1. The van der Waals surface area contributed by atoms with E-state index in [1.165, 1.54) is 0 Å². The zero-order valence-corrected chi connectivity index (χ0v) is 16.4. The molecule has 0 spiro atoms. The highest BCUT2D eigenvalue weighted by molar-refractivity contribution is 6.00. The van der Waals surface area contributed by atoms with Crippen molar-refractivity contribution < 1.29 is 14.9 Å². The first-order valence-electron chi connectivity index (χ1n) is 10.2. The second-order valence-electron chi connectivity index (χ2n) is 7.46. The van der Waals surface area contributed by atoms with Gasteiger partial charge in [0.05, 0.1) is 0 Å². The number of aromatic amines is 1. The molecule has 2 heterocycles. The maximum Gasteiger partial charge on any atom is 0.270 e. The molecule has 2 aromatic carbocycles. The fourth-order valence-corrected chi connectivity index (χ4v) is 3.90. The van der Waals surface area contributed by atoms with E-state index in [0.717, 1.165) is 37.1 Å². The number of amides is 1. The molecule has 1 amide bonds. The maximum atomic E-state index is 12.8. The molecule has 1 saturated heterocycles. The predicted octanol–water partition coefficient (Wildman–Crippen LogP) is 2.79. The van der Waals surface area contributed by atoms with Crippen LogP contribution in [-0.4, -0.2) is 41.2 Å². The Morgan fingerprint density at radius 3 is 2.10 bits per heavy atom. The molecule has 0 atom stereocenters. The van der Waals surface area contributed by atoms with Gasteiger partial charge >= 0.3 is 0 Å². The van der Waals surface area contributed by atoms with E-state index < -0.39 is 0 Å². The Morgan fingerprint density at radius 2 is 1.52 bits per heavy atom. The van der Waals surface area contributed by atoms with Crippen LogP contribution in [0.1, 0.15) is 50.9 Å². The Balaban J connectivity index is 1.45. The minimum Gasteiger partial charge on any atom is -0.356 e. The number of likely N-dealkylation sites (tertiary alicyclic amines) is 1. The topological polar surface area (TPSA) is 69.8 Å². The minimum absolute atomic E-state index is 0.0126. The second-order valence-corrected chi connectivity index (χ2v) is 7.46. The standard InChI is InChI=1S/C24H25N3O2/c28-22(20-15-21(25-16-20)24(29)27-13-7-8-14-27)17-26-23(18-9-3-1-4-10-18)19-11-5-2-6-12-19/h1-6,9-12,15-16,23,25-26H,7-8,13-14,17H2/p+1. The molecule has 0 aliphatic carbocycles. The van der Waals surface area contributed by atoms with Gasteiger partial charge < -0.3 is 15.2 Å². The largest absolute Gasteiger partial charge is 0.356 e. The smallest absolute Gasteiger partial charge is 0.270 e.